The zero-order valence-corrected chi connectivity index (χ0v) is 11.9. The first-order valence-electron chi connectivity index (χ1n) is 7.22. The molecular formula is C14H26FNO3. The standard InChI is InChI=1S/C14H26FNO3/c1-3-5-14(19,6-4-2)8-13(18)16-9-11(15)7-12(16)10-17/h11-12,17,19H,3-10H2,1-2H3/t11-,12-/m0/s1. The lowest BCUT2D eigenvalue weighted by atomic mass is 9.88. The van der Waals surface area contributed by atoms with Crippen LogP contribution >= 0.6 is 0 Å². The molecule has 112 valence electrons. The maximum absolute atomic E-state index is 13.3. The molecule has 0 aromatic carbocycles. The minimum Gasteiger partial charge on any atom is -0.394 e. The largest absolute Gasteiger partial charge is 0.394 e. The van der Waals surface area contributed by atoms with Gasteiger partial charge in [0.05, 0.1) is 31.2 Å². The van der Waals surface area contributed by atoms with Crippen LogP contribution in [0.5, 0.6) is 0 Å². The van der Waals surface area contributed by atoms with E-state index in [4.69, 9.17) is 0 Å². The Hall–Kier alpha value is -0.680. The highest BCUT2D eigenvalue weighted by atomic mass is 19.1. The quantitative estimate of drug-likeness (QED) is 0.742. The summed E-state index contributed by atoms with van der Waals surface area (Å²) in [5, 5.41) is 19.6. The van der Waals surface area contributed by atoms with E-state index in [1.807, 2.05) is 13.8 Å². The Kier molecular flexibility index (Phi) is 6.20. The third-order valence-electron chi connectivity index (χ3n) is 3.81. The molecule has 0 aromatic rings. The second-order valence-corrected chi connectivity index (χ2v) is 5.62. The SMILES string of the molecule is CCCC(O)(CCC)CC(=O)N1C[C@@H](F)C[C@H]1CO. The second kappa shape index (κ2) is 7.20. The summed E-state index contributed by atoms with van der Waals surface area (Å²) < 4.78 is 13.3. The average Bonchev–Trinajstić information content (AvgIpc) is 2.71. The molecule has 0 aromatic heterocycles. The van der Waals surface area contributed by atoms with Crippen molar-refractivity contribution in [1.82, 2.24) is 4.90 Å². The van der Waals surface area contributed by atoms with E-state index >= 15 is 0 Å². The number of alkyl halides is 1. The van der Waals surface area contributed by atoms with Gasteiger partial charge in [-0.3, -0.25) is 4.79 Å². The Morgan fingerprint density at radius 1 is 1.37 bits per heavy atom. The summed E-state index contributed by atoms with van der Waals surface area (Å²) in [6.45, 7) is 3.76. The van der Waals surface area contributed by atoms with Gasteiger partial charge >= 0.3 is 0 Å². The molecule has 5 heteroatoms. The maximum Gasteiger partial charge on any atom is 0.225 e. The minimum absolute atomic E-state index is 0.0257. The van der Waals surface area contributed by atoms with Crippen LogP contribution in [0.1, 0.15) is 52.4 Å². The van der Waals surface area contributed by atoms with Crippen LogP contribution in [0.2, 0.25) is 0 Å². The van der Waals surface area contributed by atoms with E-state index < -0.39 is 17.8 Å². The lowest BCUT2D eigenvalue weighted by Crippen LogP contribution is -2.43. The highest BCUT2D eigenvalue weighted by molar-refractivity contribution is 5.78. The Balaban J connectivity index is 2.66. The molecule has 1 aliphatic rings. The fourth-order valence-electron chi connectivity index (χ4n) is 2.95. The Morgan fingerprint density at radius 2 is 1.95 bits per heavy atom. The van der Waals surface area contributed by atoms with Gasteiger partial charge in [0.25, 0.3) is 0 Å². The maximum atomic E-state index is 13.3. The third kappa shape index (κ3) is 4.42. The first-order valence-corrected chi connectivity index (χ1v) is 7.22. The zero-order valence-electron chi connectivity index (χ0n) is 11.9. The summed E-state index contributed by atoms with van der Waals surface area (Å²) in [6.07, 6.45) is 1.91. The Bertz CT molecular complexity index is 292. The molecule has 1 fully saturated rings. The van der Waals surface area contributed by atoms with Gasteiger partial charge in [-0.1, -0.05) is 26.7 Å². The van der Waals surface area contributed by atoms with E-state index in [2.05, 4.69) is 0 Å². The number of hydrogen-bond acceptors (Lipinski definition) is 3. The van der Waals surface area contributed by atoms with Crippen molar-refractivity contribution in [2.75, 3.05) is 13.2 Å². The molecular weight excluding hydrogens is 249 g/mol. The number of nitrogens with zero attached hydrogens (tertiary/aromatic N) is 1. The average molecular weight is 275 g/mol. The van der Waals surface area contributed by atoms with Crippen molar-refractivity contribution in [3.05, 3.63) is 0 Å². The first-order chi connectivity index (χ1) is 8.95. The lowest BCUT2D eigenvalue weighted by molar-refractivity contribution is -0.138. The minimum atomic E-state index is -1.06. The van der Waals surface area contributed by atoms with Crippen molar-refractivity contribution in [3.63, 3.8) is 0 Å². The van der Waals surface area contributed by atoms with E-state index in [0.29, 0.717) is 12.8 Å². The molecule has 0 radical (unpaired) electrons. The van der Waals surface area contributed by atoms with Crippen molar-refractivity contribution in [2.45, 2.75) is 70.2 Å². The predicted molar refractivity (Wildman–Crippen MR) is 71.5 cm³/mol. The molecule has 0 aliphatic carbocycles. The highest BCUT2D eigenvalue weighted by Crippen LogP contribution is 2.27. The summed E-state index contributed by atoms with van der Waals surface area (Å²) in [5.74, 6) is -0.247. The third-order valence-corrected chi connectivity index (χ3v) is 3.81. The van der Waals surface area contributed by atoms with Crippen molar-refractivity contribution >= 4 is 5.91 Å². The molecule has 4 nitrogen and oxygen atoms in total. The molecule has 2 N–H and O–H groups in total. The molecule has 1 rings (SSSR count). The number of aliphatic hydroxyl groups is 2. The topological polar surface area (TPSA) is 60.8 Å². The predicted octanol–water partition coefficient (Wildman–Crippen LogP) is 1.64. The van der Waals surface area contributed by atoms with Gasteiger partial charge in [0.15, 0.2) is 0 Å². The van der Waals surface area contributed by atoms with Crippen molar-refractivity contribution in [3.8, 4) is 0 Å². The van der Waals surface area contributed by atoms with Gasteiger partial charge in [-0.2, -0.15) is 0 Å². The van der Waals surface area contributed by atoms with Crippen LogP contribution in [-0.2, 0) is 4.79 Å². The fourth-order valence-corrected chi connectivity index (χ4v) is 2.95. The van der Waals surface area contributed by atoms with E-state index in [0.717, 1.165) is 12.8 Å². The Morgan fingerprint density at radius 3 is 2.42 bits per heavy atom. The molecule has 1 aliphatic heterocycles. The summed E-state index contributed by atoms with van der Waals surface area (Å²) in [6, 6.07) is -0.435. The number of carbonyl (C=O) groups is 1. The number of rotatable bonds is 7. The van der Waals surface area contributed by atoms with Gasteiger partial charge in [-0.05, 0) is 12.8 Å². The van der Waals surface area contributed by atoms with Crippen LogP contribution in [-0.4, -0.2) is 52.0 Å². The molecule has 0 bridgehead atoms. The lowest BCUT2D eigenvalue weighted by Gasteiger charge is -2.31. The van der Waals surface area contributed by atoms with Gasteiger partial charge in [-0.15, -0.1) is 0 Å². The monoisotopic (exact) mass is 275 g/mol. The van der Waals surface area contributed by atoms with Crippen molar-refractivity contribution in [1.29, 1.82) is 0 Å². The van der Waals surface area contributed by atoms with Crippen LogP contribution in [0.3, 0.4) is 0 Å². The number of likely N-dealkylation sites (tertiary alicyclic amines) is 1. The summed E-state index contributed by atoms with van der Waals surface area (Å²) in [7, 11) is 0. The van der Waals surface area contributed by atoms with Crippen LogP contribution in [0.15, 0.2) is 0 Å². The highest BCUT2D eigenvalue weighted by Gasteiger charge is 2.38. The van der Waals surface area contributed by atoms with E-state index in [1.165, 1.54) is 4.90 Å². The van der Waals surface area contributed by atoms with Gasteiger partial charge in [0.1, 0.15) is 6.17 Å². The molecule has 1 amide bonds. The van der Waals surface area contributed by atoms with Crippen LogP contribution in [0.4, 0.5) is 4.39 Å². The molecule has 19 heavy (non-hydrogen) atoms. The number of carbonyl (C=O) groups excluding carboxylic acids is 1. The molecule has 1 saturated heterocycles. The van der Waals surface area contributed by atoms with Crippen LogP contribution in [0, 0.1) is 0 Å². The molecule has 2 atom stereocenters. The molecule has 0 unspecified atom stereocenters. The normalized spacial score (nSPS) is 23.9. The van der Waals surface area contributed by atoms with Gasteiger partial charge in [0, 0.05) is 6.42 Å². The fraction of sp³-hybridized carbons (Fsp3) is 0.929. The number of amides is 1. The first kappa shape index (κ1) is 16.4. The smallest absolute Gasteiger partial charge is 0.225 e. The molecule has 0 saturated carbocycles. The molecule has 1 heterocycles. The van der Waals surface area contributed by atoms with Crippen LogP contribution in [0.25, 0.3) is 0 Å². The Labute approximate surface area is 114 Å². The summed E-state index contributed by atoms with van der Waals surface area (Å²) in [4.78, 5) is 13.6. The van der Waals surface area contributed by atoms with Crippen molar-refractivity contribution < 1.29 is 19.4 Å². The van der Waals surface area contributed by atoms with E-state index in [1.54, 1.807) is 0 Å². The summed E-state index contributed by atoms with van der Waals surface area (Å²) >= 11 is 0. The van der Waals surface area contributed by atoms with E-state index in [9.17, 15) is 19.4 Å². The number of aliphatic hydroxyl groups excluding tert-OH is 1. The van der Waals surface area contributed by atoms with Crippen LogP contribution < -0.4 is 0 Å². The second-order valence-electron chi connectivity index (χ2n) is 5.62. The van der Waals surface area contributed by atoms with E-state index in [-0.39, 0.29) is 31.9 Å². The molecule has 0 spiro atoms. The van der Waals surface area contributed by atoms with Crippen molar-refractivity contribution in [2.24, 2.45) is 0 Å². The van der Waals surface area contributed by atoms with Gasteiger partial charge < -0.3 is 15.1 Å². The number of halogens is 1. The summed E-state index contributed by atoms with van der Waals surface area (Å²) in [5.41, 5.74) is -0.991. The number of hydrogen-bond donors (Lipinski definition) is 2. The van der Waals surface area contributed by atoms with Gasteiger partial charge in [-0.25, -0.2) is 4.39 Å². The van der Waals surface area contributed by atoms with Gasteiger partial charge in [0.2, 0.25) is 5.91 Å². The zero-order chi connectivity index (χ0) is 14.5.